The summed E-state index contributed by atoms with van der Waals surface area (Å²) in [4.78, 5) is 27.2. The van der Waals surface area contributed by atoms with E-state index in [9.17, 15) is 9.59 Å². The number of hydrogen-bond donors (Lipinski definition) is 2. The largest absolute Gasteiger partial charge is 0.478 e. The fourth-order valence-corrected chi connectivity index (χ4v) is 2.10. The molecule has 0 unspecified atom stereocenters. The van der Waals surface area contributed by atoms with E-state index in [-0.39, 0.29) is 17.2 Å². The van der Waals surface area contributed by atoms with Crippen LogP contribution < -0.4 is 5.32 Å². The summed E-state index contributed by atoms with van der Waals surface area (Å²) < 4.78 is 0. The minimum absolute atomic E-state index is 0.0959. The number of para-hydroxylation sites is 1. The van der Waals surface area contributed by atoms with E-state index in [4.69, 9.17) is 5.11 Å². The van der Waals surface area contributed by atoms with Crippen LogP contribution in [0.1, 0.15) is 37.7 Å². The number of carbonyl (C=O) groups is 2. The number of aromatic nitrogens is 1. The van der Waals surface area contributed by atoms with Gasteiger partial charge in [-0.05, 0) is 44.0 Å². The zero-order valence-corrected chi connectivity index (χ0v) is 12.1. The molecule has 1 aromatic heterocycles. The fraction of sp³-hybridized carbons (Fsp3) is 0.188. The second kappa shape index (κ2) is 5.75. The third-order valence-corrected chi connectivity index (χ3v) is 3.27. The van der Waals surface area contributed by atoms with Crippen LogP contribution in [0, 0.1) is 20.8 Å². The van der Waals surface area contributed by atoms with Gasteiger partial charge in [0.1, 0.15) is 5.69 Å². The lowest BCUT2D eigenvalue weighted by Gasteiger charge is -2.11. The average Bonchev–Trinajstić information content (AvgIpc) is 2.42. The molecule has 0 saturated carbocycles. The van der Waals surface area contributed by atoms with Crippen molar-refractivity contribution in [1.82, 2.24) is 4.98 Å². The van der Waals surface area contributed by atoms with Gasteiger partial charge in [-0.2, -0.15) is 0 Å². The van der Waals surface area contributed by atoms with Crippen LogP contribution in [0.4, 0.5) is 5.69 Å². The Bertz CT molecular complexity index is 703. The van der Waals surface area contributed by atoms with E-state index in [1.54, 1.807) is 6.92 Å². The van der Waals surface area contributed by atoms with Gasteiger partial charge in [0.05, 0.1) is 11.3 Å². The van der Waals surface area contributed by atoms with Crippen LogP contribution >= 0.6 is 0 Å². The highest BCUT2D eigenvalue weighted by Crippen LogP contribution is 2.20. The van der Waals surface area contributed by atoms with Crippen LogP contribution in [0.25, 0.3) is 0 Å². The highest BCUT2D eigenvalue weighted by molar-refractivity contribution is 6.04. The van der Waals surface area contributed by atoms with E-state index in [1.165, 1.54) is 12.1 Å². The molecule has 5 heteroatoms. The first-order chi connectivity index (χ1) is 9.90. The molecule has 0 aliphatic heterocycles. The van der Waals surface area contributed by atoms with Crippen molar-refractivity contribution in [3.8, 4) is 0 Å². The van der Waals surface area contributed by atoms with Crippen molar-refractivity contribution in [3.63, 3.8) is 0 Å². The number of carboxylic acids is 1. The number of carbonyl (C=O) groups excluding carboxylic acids is 1. The van der Waals surface area contributed by atoms with Gasteiger partial charge in [-0.15, -0.1) is 0 Å². The summed E-state index contributed by atoms with van der Waals surface area (Å²) in [6.07, 6.45) is 0. The molecule has 1 heterocycles. The van der Waals surface area contributed by atoms with Crippen molar-refractivity contribution >= 4 is 17.6 Å². The molecular formula is C16H16N2O3. The predicted molar refractivity (Wildman–Crippen MR) is 79.8 cm³/mol. The highest BCUT2D eigenvalue weighted by Gasteiger charge is 2.14. The smallest absolute Gasteiger partial charge is 0.337 e. The number of rotatable bonds is 3. The number of amides is 1. The zero-order valence-electron chi connectivity index (χ0n) is 12.1. The molecule has 2 N–H and O–H groups in total. The van der Waals surface area contributed by atoms with Crippen molar-refractivity contribution < 1.29 is 14.7 Å². The lowest BCUT2D eigenvalue weighted by Crippen LogP contribution is -2.16. The van der Waals surface area contributed by atoms with Gasteiger partial charge in [-0.1, -0.05) is 18.2 Å². The van der Waals surface area contributed by atoms with Crippen LogP contribution in [0.5, 0.6) is 0 Å². The predicted octanol–water partition coefficient (Wildman–Crippen LogP) is 2.96. The molecule has 0 spiro atoms. The molecule has 0 atom stereocenters. The summed E-state index contributed by atoms with van der Waals surface area (Å²) in [6, 6.07) is 8.55. The highest BCUT2D eigenvalue weighted by atomic mass is 16.4. The van der Waals surface area contributed by atoms with Crippen LogP contribution in [-0.2, 0) is 0 Å². The van der Waals surface area contributed by atoms with E-state index < -0.39 is 5.97 Å². The molecule has 5 nitrogen and oxygen atoms in total. The number of hydrogen-bond acceptors (Lipinski definition) is 3. The second-order valence-corrected chi connectivity index (χ2v) is 4.86. The van der Waals surface area contributed by atoms with E-state index in [0.29, 0.717) is 5.69 Å². The molecule has 0 radical (unpaired) electrons. The molecule has 2 aromatic rings. The van der Waals surface area contributed by atoms with E-state index in [2.05, 4.69) is 10.3 Å². The topological polar surface area (TPSA) is 79.3 Å². The van der Waals surface area contributed by atoms with E-state index >= 15 is 0 Å². The van der Waals surface area contributed by atoms with Crippen LogP contribution in [0.15, 0.2) is 30.3 Å². The second-order valence-electron chi connectivity index (χ2n) is 4.86. The van der Waals surface area contributed by atoms with Crippen LogP contribution in [0.2, 0.25) is 0 Å². The minimum Gasteiger partial charge on any atom is -0.478 e. The summed E-state index contributed by atoms with van der Waals surface area (Å²) in [5, 5.41) is 11.8. The van der Waals surface area contributed by atoms with Crippen LogP contribution in [-0.4, -0.2) is 22.0 Å². The summed E-state index contributed by atoms with van der Waals surface area (Å²) in [7, 11) is 0. The first-order valence-corrected chi connectivity index (χ1v) is 6.48. The van der Waals surface area contributed by atoms with Crippen molar-refractivity contribution in [2.75, 3.05) is 5.32 Å². The van der Waals surface area contributed by atoms with E-state index in [1.807, 2.05) is 32.0 Å². The van der Waals surface area contributed by atoms with Crippen molar-refractivity contribution in [2.45, 2.75) is 20.8 Å². The number of carboxylic acid groups (broad SMARTS) is 1. The molecule has 0 saturated heterocycles. The zero-order chi connectivity index (χ0) is 15.6. The lowest BCUT2D eigenvalue weighted by atomic mass is 10.1. The van der Waals surface area contributed by atoms with Gasteiger partial charge < -0.3 is 10.4 Å². The normalized spacial score (nSPS) is 10.2. The Morgan fingerprint density at radius 2 is 1.67 bits per heavy atom. The lowest BCUT2D eigenvalue weighted by molar-refractivity contribution is 0.0695. The Kier molecular flexibility index (Phi) is 4.03. The van der Waals surface area contributed by atoms with Gasteiger partial charge in [0, 0.05) is 5.69 Å². The Labute approximate surface area is 122 Å². The number of benzene rings is 1. The number of pyridine rings is 1. The number of anilines is 1. The molecule has 1 amide bonds. The molecule has 0 fully saturated rings. The number of aryl methyl sites for hydroxylation is 3. The molecule has 2 rings (SSSR count). The van der Waals surface area contributed by atoms with Gasteiger partial charge in [0.15, 0.2) is 0 Å². The number of nitrogens with one attached hydrogen (secondary N) is 1. The molecular weight excluding hydrogens is 268 g/mol. The molecule has 108 valence electrons. The standard InChI is InChI=1S/C16H16N2O3/c1-9-5-4-6-10(2)14(9)18-15(19)13-8-7-12(16(20)21)11(3)17-13/h4-8H,1-3H3,(H,18,19)(H,20,21). The van der Waals surface area contributed by atoms with Crippen LogP contribution in [0.3, 0.4) is 0 Å². The fourth-order valence-electron chi connectivity index (χ4n) is 2.10. The Balaban J connectivity index is 2.29. The summed E-state index contributed by atoms with van der Waals surface area (Å²) in [5.74, 6) is -1.41. The van der Waals surface area contributed by atoms with Crippen molar-refractivity contribution in [3.05, 3.63) is 58.4 Å². The third-order valence-electron chi connectivity index (χ3n) is 3.27. The summed E-state index contributed by atoms with van der Waals surface area (Å²) >= 11 is 0. The van der Waals surface area contributed by atoms with Gasteiger partial charge >= 0.3 is 5.97 Å². The number of nitrogens with zero attached hydrogens (tertiary/aromatic N) is 1. The Hall–Kier alpha value is -2.69. The molecule has 21 heavy (non-hydrogen) atoms. The Morgan fingerprint density at radius 3 is 2.19 bits per heavy atom. The molecule has 0 bridgehead atoms. The minimum atomic E-state index is -1.05. The molecule has 0 aliphatic rings. The maximum Gasteiger partial charge on any atom is 0.337 e. The Morgan fingerprint density at radius 1 is 1.05 bits per heavy atom. The summed E-state index contributed by atoms with van der Waals surface area (Å²) in [5.41, 5.74) is 3.28. The first-order valence-electron chi connectivity index (χ1n) is 6.48. The number of aromatic carboxylic acids is 1. The molecule has 1 aromatic carbocycles. The van der Waals surface area contributed by atoms with Gasteiger partial charge in [0.2, 0.25) is 0 Å². The van der Waals surface area contributed by atoms with Gasteiger partial charge in [-0.25, -0.2) is 9.78 Å². The van der Waals surface area contributed by atoms with E-state index in [0.717, 1.165) is 16.8 Å². The van der Waals surface area contributed by atoms with Crippen molar-refractivity contribution in [1.29, 1.82) is 0 Å². The monoisotopic (exact) mass is 284 g/mol. The third kappa shape index (κ3) is 3.08. The maximum atomic E-state index is 12.2. The first kappa shape index (κ1) is 14.7. The maximum absolute atomic E-state index is 12.2. The van der Waals surface area contributed by atoms with Gasteiger partial charge in [-0.3, -0.25) is 4.79 Å². The SMILES string of the molecule is Cc1cccc(C)c1NC(=O)c1ccc(C(=O)O)c(C)n1. The molecule has 0 aliphatic carbocycles. The quantitative estimate of drug-likeness (QED) is 0.908. The van der Waals surface area contributed by atoms with Crippen molar-refractivity contribution in [2.24, 2.45) is 0 Å². The average molecular weight is 284 g/mol. The van der Waals surface area contributed by atoms with Gasteiger partial charge in [0.25, 0.3) is 5.91 Å². The summed E-state index contributed by atoms with van der Waals surface area (Å²) in [6.45, 7) is 5.39.